The van der Waals surface area contributed by atoms with E-state index >= 15 is 0 Å². The Balaban J connectivity index is 1.52. The van der Waals surface area contributed by atoms with Crippen molar-refractivity contribution in [3.05, 3.63) is 80.4 Å². The number of carbonyl (C=O) groups excluding carboxylic acids is 1. The van der Waals surface area contributed by atoms with Crippen molar-refractivity contribution >= 4 is 16.7 Å². The van der Waals surface area contributed by atoms with Crippen LogP contribution in [-0.2, 0) is 17.8 Å². The summed E-state index contributed by atoms with van der Waals surface area (Å²) < 4.78 is 1.24. The van der Waals surface area contributed by atoms with Gasteiger partial charge in [-0.1, -0.05) is 36.4 Å². The highest BCUT2D eigenvalue weighted by molar-refractivity contribution is 5.80. The van der Waals surface area contributed by atoms with E-state index in [9.17, 15) is 14.4 Å². The Labute approximate surface area is 156 Å². The standard InChI is InChI=1S/C21H21N3O3/c1-23(18-11-10-14-6-2-3-7-15(14)18)19(25)12-13-24-21(27)17-9-5-4-8-16(17)20(26)22-24/h2-9,18H,10-13H2,1H3,(H,22,26). The maximum atomic E-state index is 12.7. The molecule has 1 aliphatic rings. The number of H-pyrrole nitrogens is 1. The van der Waals surface area contributed by atoms with Gasteiger partial charge < -0.3 is 4.90 Å². The molecule has 27 heavy (non-hydrogen) atoms. The van der Waals surface area contributed by atoms with Gasteiger partial charge in [-0.25, -0.2) is 4.68 Å². The van der Waals surface area contributed by atoms with Crippen LogP contribution in [0.15, 0.2) is 58.1 Å². The summed E-state index contributed by atoms with van der Waals surface area (Å²) in [6, 6.07) is 15.0. The number of benzene rings is 2. The van der Waals surface area contributed by atoms with Crippen LogP contribution >= 0.6 is 0 Å². The number of carbonyl (C=O) groups is 1. The van der Waals surface area contributed by atoms with Crippen LogP contribution in [0.4, 0.5) is 0 Å². The first-order chi connectivity index (χ1) is 13.1. The molecule has 0 saturated heterocycles. The zero-order valence-corrected chi connectivity index (χ0v) is 15.1. The van der Waals surface area contributed by atoms with E-state index < -0.39 is 0 Å². The van der Waals surface area contributed by atoms with Crippen LogP contribution < -0.4 is 11.1 Å². The third-order valence-corrected chi connectivity index (χ3v) is 5.40. The Hall–Kier alpha value is -3.15. The molecule has 138 valence electrons. The van der Waals surface area contributed by atoms with Gasteiger partial charge in [0, 0.05) is 13.5 Å². The summed E-state index contributed by atoms with van der Waals surface area (Å²) in [6.45, 7) is 0.149. The summed E-state index contributed by atoms with van der Waals surface area (Å²) in [4.78, 5) is 39.2. The second kappa shape index (κ2) is 6.87. The molecular weight excluding hydrogens is 342 g/mol. The third-order valence-electron chi connectivity index (χ3n) is 5.40. The highest BCUT2D eigenvalue weighted by atomic mass is 16.2. The van der Waals surface area contributed by atoms with Gasteiger partial charge in [0.05, 0.1) is 23.4 Å². The number of aromatic amines is 1. The Kier molecular flexibility index (Phi) is 4.39. The summed E-state index contributed by atoms with van der Waals surface area (Å²) in [6.07, 6.45) is 2.04. The largest absolute Gasteiger partial charge is 0.339 e. The third kappa shape index (κ3) is 3.07. The zero-order chi connectivity index (χ0) is 19.0. The molecule has 1 amide bonds. The second-order valence-corrected chi connectivity index (χ2v) is 6.95. The molecule has 1 atom stereocenters. The maximum absolute atomic E-state index is 12.7. The van der Waals surface area contributed by atoms with Gasteiger partial charge in [-0.05, 0) is 36.1 Å². The smallest absolute Gasteiger partial charge is 0.273 e. The highest BCUT2D eigenvalue weighted by Gasteiger charge is 2.28. The van der Waals surface area contributed by atoms with Gasteiger partial charge in [-0.2, -0.15) is 0 Å². The molecule has 0 saturated carbocycles. The number of rotatable bonds is 4. The molecule has 6 heteroatoms. The van der Waals surface area contributed by atoms with Gasteiger partial charge in [-0.15, -0.1) is 0 Å². The number of nitrogens with one attached hydrogen (secondary N) is 1. The van der Waals surface area contributed by atoms with Crippen molar-refractivity contribution in [3.63, 3.8) is 0 Å². The summed E-state index contributed by atoms with van der Waals surface area (Å²) in [5.74, 6) is -0.0439. The lowest BCUT2D eigenvalue weighted by Crippen LogP contribution is -2.34. The van der Waals surface area contributed by atoms with E-state index in [1.807, 2.05) is 12.1 Å². The predicted molar refractivity (Wildman–Crippen MR) is 104 cm³/mol. The number of aryl methyl sites for hydroxylation is 2. The molecule has 0 fully saturated rings. The summed E-state index contributed by atoms with van der Waals surface area (Å²) >= 11 is 0. The van der Waals surface area contributed by atoms with Gasteiger partial charge >= 0.3 is 0 Å². The molecule has 0 aliphatic heterocycles. The first-order valence-electron chi connectivity index (χ1n) is 9.11. The number of fused-ring (bicyclic) bond motifs is 2. The van der Waals surface area contributed by atoms with Crippen LogP contribution in [0.3, 0.4) is 0 Å². The van der Waals surface area contributed by atoms with Crippen LogP contribution in [0.1, 0.15) is 30.0 Å². The van der Waals surface area contributed by atoms with Gasteiger partial charge in [0.15, 0.2) is 0 Å². The Morgan fingerprint density at radius 2 is 1.81 bits per heavy atom. The number of aromatic nitrogens is 2. The Bertz CT molecular complexity index is 1130. The molecule has 1 aliphatic carbocycles. The molecule has 2 aromatic carbocycles. The predicted octanol–water partition coefficient (Wildman–Crippen LogP) is 2.23. The molecule has 1 unspecified atom stereocenters. The van der Waals surface area contributed by atoms with E-state index in [4.69, 9.17) is 0 Å². The minimum atomic E-state index is -0.323. The van der Waals surface area contributed by atoms with Gasteiger partial charge in [-0.3, -0.25) is 19.5 Å². The van der Waals surface area contributed by atoms with Crippen molar-refractivity contribution in [2.24, 2.45) is 0 Å². The minimum Gasteiger partial charge on any atom is -0.339 e. The van der Waals surface area contributed by atoms with Crippen molar-refractivity contribution in [2.45, 2.75) is 31.8 Å². The van der Waals surface area contributed by atoms with Crippen molar-refractivity contribution in [3.8, 4) is 0 Å². The lowest BCUT2D eigenvalue weighted by Gasteiger charge is -2.25. The van der Waals surface area contributed by atoms with Gasteiger partial charge in [0.1, 0.15) is 0 Å². The molecule has 1 heterocycles. The van der Waals surface area contributed by atoms with Crippen molar-refractivity contribution in [1.82, 2.24) is 14.7 Å². The Morgan fingerprint density at radius 1 is 1.11 bits per heavy atom. The van der Waals surface area contributed by atoms with Gasteiger partial charge in [0.25, 0.3) is 11.1 Å². The van der Waals surface area contributed by atoms with E-state index in [1.54, 1.807) is 36.2 Å². The molecule has 1 N–H and O–H groups in total. The molecule has 0 spiro atoms. The molecular formula is C21H21N3O3. The quantitative estimate of drug-likeness (QED) is 0.772. The average Bonchev–Trinajstić information content (AvgIpc) is 3.13. The van der Waals surface area contributed by atoms with E-state index in [0.717, 1.165) is 12.8 Å². The molecule has 4 rings (SSSR count). The highest BCUT2D eigenvalue weighted by Crippen LogP contribution is 2.34. The lowest BCUT2D eigenvalue weighted by atomic mass is 10.1. The number of nitrogens with zero attached hydrogens (tertiary/aromatic N) is 2. The number of hydrogen-bond donors (Lipinski definition) is 1. The first kappa shape index (κ1) is 17.3. The molecule has 6 nitrogen and oxygen atoms in total. The Morgan fingerprint density at radius 3 is 2.63 bits per heavy atom. The molecule has 0 radical (unpaired) electrons. The zero-order valence-electron chi connectivity index (χ0n) is 15.1. The summed E-state index contributed by atoms with van der Waals surface area (Å²) in [7, 11) is 1.81. The fraction of sp³-hybridized carbons (Fsp3) is 0.286. The normalized spacial score (nSPS) is 15.7. The van der Waals surface area contributed by atoms with E-state index in [-0.39, 0.29) is 36.0 Å². The van der Waals surface area contributed by atoms with E-state index in [2.05, 4.69) is 17.2 Å². The lowest BCUT2D eigenvalue weighted by molar-refractivity contribution is -0.132. The van der Waals surface area contributed by atoms with Crippen molar-refractivity contribution in [1.29, 1.82) is 0 Å². The van der Waals surface area contributed by atoms with E-state index in [0.29, 0.717) is 10.8 Å². The van der Waals surface area contributed by atoms with E-state index in [1.165, 1.54) is 15.8 Å². The first-order valence-corrected chi connectivity index (χ1v) is 9.11. The average molecular weight is 363 g/mol. The second-order valence-electron chi connectivity index (χ2n) is 6.95. The van der Waals surface area contributed by atoms with Crippen LogP contribution in [-0.4, -0.2) is 27.6 Å². The fourth-order valence-corrected chi connectivity index (χ4v) is 3.90. The van der Waals surface area contributed by atoms with Crippen LogP contribution in [0.2, 0.25) is 0 Å². The monoisotopic (exact) mass is 363 g/mol. The van der Waals surface area contributed by atoms with Crippen LogP contribution in [0.25, 0.3) is 10.8 Å². The SMILES string of the molecule is CN(C(=O)CCn1[nH]c(=O)c2ccccc2c1=O)C1CCc2ccccc21. The van der Waals surface area contributed by atoms with Crippen LogP contribution in [0, 0.1) is 0 Å². The summed E-state index contributed by atoms with van der Waals surface area (Å²) in [5, 5.41) is 3.31. The topological polar surface area (TPSA) is 75.2 Å². The minimum absolute atomic E-state index is 0.0439. The van der Waals surface area contributed by atoms with Crippen LogP contribution in [0.5, 0.6) is 0 Å². The molecule has 1 aromatic heterocycles. The van der Waals surface area contributed by atoms with Crippen molar-refractivity contribution < 1.29 is 4.79 Å². The van der Waals surface area contributed by atoms with Gasteiger partial charge in [0.2, 0.25) is 5.91 Å². The summed E-state index contributed by atoms with van der Waals surface area (Å²) in [5.41, 5.74) is 1.88. The fourth-order valence-electron chi connectivity index (χ4n) is 3.90. The van der Waals surface area contributed by atoms with Crippen molar-refractivity contribution in [2.75, 3.05) is 7.05 Å². The number of amides is 1. The molecule has 0 bridgehead atoms. The molecule has 3 aromatic rings. The maximum Gasteiger partial charge on any atom is 0.273 e. The number of hydrogen-bond acceptors (Lipinski definition) is 3.